The molecule has 13 heteroatoms. The highest BCUT2D eigenvalue weighted by Crippen LogP contribution is 2.44. The highest BCUT2D eigenvalue weighted by atomic mass is 19.4. The number of methoxy groups -OCH3 is 1. The van der Waals surface area contributed by atoms with Crippen LogP contribution in [0.4, 0.5) is 24.8 Å². The van der Waals surface area contributed by atoms with Gasteiger partial charge in [0.1, 0.15) is 25.7 Å². The van der Waals surface area contributed by atoms with E-state index in [1.807, 2.05) is 0 Å². The number of carbonyl (C=O) groups is 1. The predicted octanol–water partition coefficient (Wildman–Crippen LogP) is 4.02. The number of hydrogen-bond acceptors (Lipinski definition) is 7. The molecule has 1 aromatic heterocycles. The van der Waals surface area contributed by atoms with E-state index in [9.17, 15) is 28.0 Å². The molecule has 0 bridgehead atoms. The summed E-state index contributed by atoms with van der Waals surface area (Å²) in [5.41, 5.74) is 0.558. The fraction of sp³-hybridized carbons (Fsp3) is 0.379. The second-order valence-corrected chi connectivity index (χ2v) is 10.4. The lowest BCUT2D eigenvalue weighted by Gasteiger charge is -2.42. The average Bonchev–Trinajstić information content (AvgIpc) is 3.36. The van der Waals surface area contributed by atoms with Crippen molar-refractivity contribution in [2.45, 2.75) is 32.6 Å². The van der Waals surface area contributed by atoms with Crippen molar-refractivity contribution in [3.63, 3.8) is 0 Å². The summed E-state index contributed by atoms with van der Waals surface area (Å²) >= 11 is 0. The molecular formula is C29H30F3N6O4+. The van der Waals surface area contributed by atoms with Crippen LogP contribution in [-0.4, -0.2) is 65.2 Å². The first kappa shape index (κ1) is 29.1. The van der Waals surface area contributed by atoms with Crippen LogP contribution in [0.3, 0.4) is 0 Å². The number of carbonyl (C=O) groups excluding carboxylic acids is 1. The number of aromatic amines is 1. The molecule has 1 N–H and O–H groups in total. The summed E-state index contributed by atoms with van der Waals surface area (Å²) in [6.45, 7) is 7.61. The highest BCUT2D eigenvalue weighted by Gasteiger charge is 2.42. The molecule has 0 aliphatic carbocycles. The molecule has 3 aromatic rings. The van der Waals surface area contributed by atoms with Crippen LogP contribution in [0.15, 0.2) is 58.5 Å². The third-order valence-electron chi connectivity index (χ3n) is 8.14. The lowest BCUT2D eigenvalue weighted by Crippen LogP contribution is -2.54. The number of allylic oxidation sites excluding steroid dienone is 1. The van der Waals surface area contributed by atoms with Gasteiger partial charge in [0.15, 0.2) is 0 Å². The molecule has 10 nitrogen and oxygen atoms in total. The third-order valence-corrected chi connectivity index (χ3v) is 8.14. The second kappa shape index (κ2) is 11.1. The van der Waals surface area contributed by atoms with Crippen LogP contribution in [0.25, 0.3) is 0 Å². The van der Waals surface area contributed by atoms with Crippen LogP contribution in [0.5, 0.6) is 0 Å². The number of morpholine rings is 1. The number of halogens is 3. The normalized spacial score (nSPS) is 18.4. The molecular weight excluding hydrogens is 553 g/mol. The first-order valence-electron chi connectivity index (χ1n) is 13.4. The number of anilines is 2. The average molecular weight is 584 g/mol. The molecule has 1 saturated heterocycles. The number of rotatable bonds is 6. The standard InChI is InChI=1S/C29H29F3N6O4/c1-4-38(10-12-42-13-11-38)17-20-14-19(16-33)8-9-23(20)25-24(26(39)41-3)18(2)36(27-34-35-28(40)37(25)27)22-7-5-6-21(15-22)29(30,31)32/h5-9,14-15,25H,4,10-13,17H2,1-3H3/p+1. The SMILES string of the molecule is CC[N+]1(Cc2cc(C#N)ccc2C2C(C(=O)OC)=C(C)N(c3cccc(C(F)(F)F)c3)c3n[nH]c(=O)n32)CCOCC1. The Morgan fingerprint density at radius 1 is 1.24 bits per heavy atom. The van der Waals surface area contributed by atoms with Crippen LogP contribution in [0.2, 0.25) is 0 Å². The van der Waals surface area contributed by atoms with Gasteiger partial charge in [-0.25, -0.2) is 19.3 Å². The van der Waals surface area contributed by atoms with Crippen LogP contribution in [0, 0.1) is 11.3 Å². The van der Waals surface area contributed by atoms with Crippen molar-refractivity contribution in [3.8, 4) is 6.07 Å². The quantitative estimate of drug-likeness (QED) is 0.345. The Morgan fingerprint density at radius 2 is 1.98 bits per heavy atom. The third kappa shape index (κ3) is 5.08. The summed E-state index contributed by atoms with van der Waals surface area (Å²) in [6, 6.07) is 10.8. The molecule has 3 heterocycles. The largest absolute Gasteiger partial charge is 0.466 e. The maximum atomic E-state index is 13.6. The molecule has 2 aliphatic rings. The summed E-state index contributed by atoms with van der Waals surface area (Å²) in [4.78, 5) is 28.1. The molecule has 0 amide bonds. The van der Waals surface area contributed by atoms with Gasteiger partial charge in [-0.2, -0.15) is 18.4 Å². The van der Waals surface area contributed by atoms with Gasteiger partial charge in [-0.05, 0) is 49.7 Å². The van der Waals surface area contributed by atoms with Gasteiger partial charge >= 0.3 is 17.8 Å². The van der Waals surface area contributed by atoms with Gasteiger partial charge in [0.25, 0.3) is 0 Å². The van der Waals surface area contributed by atoms with Crippen LogP contribution >= 0.6 is 0 Å². The fourth-order valence-corrected chi connectivity index (χ4v) is 5.84. The highest BCUT2D eigenvalue weighted by molar-refractivity contribution is 5.93. The number of aromatic nitrogens is 3. The number of fused-ring (bicyclic) bond motifs is 1. The van der Waals surface area contributed by atoms with E-state index in [0.717, 1.165) is 37.3 Å². The summed E-state index contributed by atoms with van der Waals surface area (Å²) in [7, 11) is 1.20. The van der Waals surface area contributed by atoms with Crippen molar-refractivity contribution in [2.24, 2.45) is 0 Å². The van der Waals surface area contributed by atoms with Crippen LogP contribution in [-0.2, 0) is 27.0 Å². The zero-order valence-corrected chi connectivity index (χ0v) is 23.4. The molecule has 1 fully saturated rings. The van der Waals surface area contributed by atoms with Gasteiger partial charge in [0.2, 0.25) is 5.95 Å². The molecule has 42 heavy (non-hydrogen) atoms. The van der Waals surface area contributed by atoms with Crippen molar-refractivity contribution in [2.75, 3.05) is 44.9 Å². The number of nitriles is 1. The Hall–Kier alpha value is -4.41. The van der Waals surface area contributed by atoms with E-state index in [2.05, 4.69) is 23.2 Å². The maximum Gasteiger partial charge on any atom is 0.416 e. The molecule has 0 spiro atoms. The zero-order valence-electron chi connectivity index (χ0n) is 23.4. The van der Waals surface area contributed by atoms with Gasteiger partial charge in [0, 0.05) is 16.9 Å². The number of nitrogens with one attached hydrogen (secondary N) is 1. The Bertz CT molecular complexity index is 1650. The summed E-state index contributed by atoms with van der Waals surface area (Å²) in [5.74, 6) is -0.746. The van der Waals surface area contributed by atoms with Gasteiger partial charge in [0.05, 0.1) is 49.6 Å². The van der Waals surface area contributed by atoms with E-state index >= 15 is 0 Å². The number of hydrogen-bond donors (Lipinski definition) is 1. The lowest BCUT2D eigenvalue weighted by atomic mass is 9.89. The summed E-state index contributed by atoms with van der Waals surface area (Å²) in [6.07, 6.45) is -4.61. The molecule has 5 rings (SSSR count). The van der Waals surface area contributed by atoms with E-state index in [1.165, 1.54) is 28.7 Å². The number of benzene rings is 2. The van der Waals surface area contributed by atoms with Crippen LogP contribution in [0.1, 0.15) is 42.1 Å². The van der Waals surface area contributed by atoms with Gasteiger partial charge in [-0.1, -0.05) is 12.1 Å². The lowest BCUT2D eigenvalue weighted by molar-refractivity contribution is -0.946. The van der Waals surface area contributed by atoms with Gasteiger partial charge in [-0.3, -0.25) is 4.90 Å². The molecule has 1 unspecified atom stereocenters. The topological polar surface area (TPSA) is 113 Å². The maximum absolute atomic E-state index is 13.6. The van der Waals surface area contributed by atoms with Crippen molar-refractivity contribution < 1.29 is 31.9 Å². The van der Waals surface area contributed by atoms with Crippen molar-refractivity contribution >= 4 is 17.6 Å². The number of H-pyrrole nitrogens is 1. The van der Waals surface area contributed by atoms with E-state index in [1.54, 1.807) is 25.1 Å². The van der Waals surface area contributed by atoms with E-state index < -0.39 is 29.4 Å². The molecule has 0 radical (unpaired) electrons. The molecule has 0 saturated carbocycles. The first-order valence-corrected chi connectivity index (χ1v) is 13.4. The Labute approximate surface area is 239 Å². The number of alkyl halides is 3. The van der Waals surface area contributed by atoms with Crippen molar-refractivity contribution in [3.05, 3.63) is 86.5 Å². The van der Waals surface area contributed by atoms with E-state index in [-0.39, 0.29) is 22.9 Å². The minimum Gasteiger partial charge on any atom is -0.466 e. The van der Waals surface area contributed by atoms with E-state index in [4.69, 9.17) is 9.47 Å². The number of ether oxygens (including phenoxy) is 2. The van der Waals surface area contributed by atoms with Crippen molar-refractivity contribution in [1.29, 1.82) is 5.26 Å². The van der Waals surface area contributed by atoms with Gasteiger partial charge < -0.3 is 14.0 Å². The molecule has 2 aliphatic heterocycles. The minimum absolute atomic E-state index is 0.00977. The number of quaternary nitrogens is 1. The Morgan fingerprint density at radius 3 is 2.62 bits per heavy atom. The Balaban J connectivity index is 1.75. The number of nitrogens with zero attached hydrogens (tertiary/aromatic N) is 5. The molecule has 2 aromatic carbocycles. The monoisotopic (exact) mass is 583 g/mol. The molecule has 1 atom stereocenters. The second-order valence-electron chi connectivity index (χ2n) is 10.4. The number of likely N-dealkylation sites (N-methyl/N-ethyl adjacent to an activating group) is 1. The van der Waals surface area contributed by atoms with Gasteiger partial charge in [-0.15, -0.1) is 5.10 Å². The zero-order chi connectivity index (χ0) is 30.2. The summed E-state index contributed by atoms with van der Waals surface area (Å²) in [5, 5.41) is 16.3. The summed E-state index contributed by atoms with van der Waals surface area (Å²) < 4.78 is 53.5. The minimum atomic E-state index is -4.61. The smallest absolute Gasteiger partial charge is 0.416 e. The fourth-order valence-electron chi connectivity index (χ4n) is 5.84. The van der Waals surface area contributed by atoms with E-state index in [0.29, 0.717) is 35.4 Å². The van der Waals surface area contributed by atoms with Crippen LogP contribution < -0.4 is 10.6 Å². The Kier molecular flexibility index (Phi) is 7.70. The molecule has 220 valence electrons. The van der Waals surface area contributed by atoms with Crippen molar-refractivity contribution in [1.82, 2.24) is 14.8 Å². The number of esters is 1. The first-order chi connectivity index (χ1) is 20.0. The predicted molar refractivity (Wildman–Crippen MR) is 146 cm³/mol.